The Morgan fingerprint density at radius 2 is 1.65 bits per heavy atom. The van der Waals surface area contributed by atoms with Crippen LogP contribution in [-0.2, 0) is 14.8 Å². The number of methoxy groups -OCH3 is 2. The lowest BCUT2D eigenvalue weighted by Gasteiger charge is -2.21. The van der Waals surface area contributed by atoms with Crippen LogP contribution in [0.1, 0.15) is 5.56 Å². The Kier molecular flexibility index (Phi) is 7.07. The van der Waals surface area contributed by atoms with Crippen molar-refractivity contribution < 1.29 is 9.47 Å². The summed E-state index contributed by atoms with van der Waals surface area (Å²) in [6, 6.07) is 0. The molecule has 0 saturated heterocycles. The minimum atomic E-state index is 0.646. The number of ether oxygens (including phenoxy) is 2. The summed E-state index contributed by atoms with van der Waals surface area (Å²) in [5, 5.41) is 0.767. The second kappa shape index (κ2) is 8.38. The molecule has 0 spiro atoms. The van der Waals surface area contributed by atoms with Gasteiger partial charge >= 0.3 is 0 Å². The number of nitrogens with zero attached hydrogens (tertiary/aromatic N) is 3. The van der Waals surface area contributed by atoms with Crippen molar-refractivity contribution in [3.8, 4) is 0 Å². The minimum Gasteiger partial charge on any atom is -0.383 e. The van der Waals surface area contributed by atoms with Crippen molar-refractivity contribution in [2.45, 2.75) is 5.33 Å². The van der Waals surface area contributed by atoms with Gasteiger partial charge in [-0.3, -0.25) is 0 Å². The predicted octanol–water partition coefficient (Wildman–Crippen LogP) is 1.47. The molecule has 1 rings (SSSR count). The molecule has 0 fully saturated rings. The first-order valence-corrected chi connectivity index (χ1v) is 6.53. The molecule has 0 bridgehead atoms. The lowest BCUT2D eigenvalue weighted by atomic mass is 10.4. The molecule has 0 N–H and O–H groups in total. The highest BCUT2D eigenvalue weighted by Crippen LogP contribution is 2.08. The van der Waals surface area contributed by atoms with E-state index >= 15 is 0 Å². The summed E-state index contributed by atoms with van der Waals surface area (Å²) in [5.41, 5.74) is 1.06. The lowest BCUT2D eigenvalue weighted by Crippen LogP contribution is -2.32. The van der Waals surface area contributed by atoms with Gasteiger partial charge in [-0.15, -0.1) is 0 Å². The zero-order chi connectivity index (χ0) is 12.5. The van der Waals surface area contributed by atoms with Crippen LogP contribution in [0.25, 0.3) is 0 Å². The Balaban J connectivity index is 2.65. The zero-order valence-electron chi connectivity index (χ0n) is 10.2. The van der Waals surface area contributed by atoms with Crippen LogP contribution >= 0.6 is 15.9 Å². The van der Waals surface area contributed by atoms with Gasteiger partial charge in [-0.05, 0) is 5.56 Å². The van der Waals surface area contributed by atoms with Gasteiger partial charge in [0, 0.05) is 45.0 Å². The van der Waals surface area contributed by atoms with Crippen LogP contribution in [0.3, 0.4) is 0 Å². The molecule has 0 aliphatic carbocycles. The molecule has 6 heteroatoms. The van der Waals surface area contributed by atoms with Crippen molar-refractivity contribution in [2.75, 3.05) is 45.4 Å². The molecular formula is C11H18BrN3O2. The molecule has 1 aromatic rings. The summed E-state index contributed by atoms with van der Waals surface area (Å²) in [6.45, 7) is 2.81. The van der Waals surface area contributed by atoms with Gasteiger partial charge in [-0.2, -0.15) is 0 Å². The fraction of sp³-hybridized carbons (Fsp3) is 0.636. The van der Waals surface area contributed by atoms with Gasteiger partial charge in [0.25, 0.3) is 0 Å². The van der Waals surface area contributed by atoms with E-state index in [9.17, 15) is 0 Å². The van der Waals surface area contributed by atoms with Crippen molar-refractivity contribution >= 4 is 21.9 Å². The molecule has 0 aliphatic heterocycles. The average Bonchev–Trinajstić information content (AvgIpc) is 2.39. The molecule has 0 aromatic carbocycles. The largest absolute Gasteiger partial charge is 0.383 e. The number of anilines is 1. The summed E-state index contributed by atoms with van der Waals surface area (Å²) < 4.78 is 10.1. The second-order valence-electron chi connectivity index (χ2n) is 3.50. The van der Waals surface area contributed by atoms with Crippen LogP contribution in [0.4, 0.5) is 5.95 Å². The molecule has 0 radical (unpaired) electrons. The molecule has 0 atom stereocenters. The van der Waals surface area contributed by atoms with Crippen molar-refractivity contribution in [1.82, 2.24) is 9.97 Å². The molecule has 0 saturated carbocycles. The van der Waals surface area contributed by atoms with Gasteiger partial charge in [-0.1, -0.05) is 15.9 Å². The Hall–Kier alpha value is -0.720. The van der Waals surface area contributed by atoms with Crippen LogP contribution < -0.4 is 4.90 Å². The first-order valence-electron chi connectivity index (χ1n) is 5.41. The van der Waals surface area contributed by atoms with Gasteiger partial charge in [0.1, 0.15) is 0 Å². The lowest BCUT2D eigenvalue weighted by molar-refractivity contribution is 0.189. The van der Waals surface area contributed by atoms with E-state index in [4.69, 9.17) is 9.47 Å². The molecule has 17 heavy (non-hydrogen) atoms. The highest BCUT2D eigenvalue weighted by atomic mass is 79.9. The summed E-state index contributed by atoms with van der Waals surface area (Å²) >= 11 is 3.37. The van der Waals surface area contributed by atoms with Gasteiger partial charge in [0.2, 0.25) is 5.95 Å². The van der Waals surface area contributed by atoms with Gasteiger partial charge < -0.3 is 14.4 Å². The number of aromatic nitrogens is 2. The van der Waals surface area contributed by atoms with E-state index < -0.39 is 0 Å². The molecule has 1 heterocycles. The monoisotopic (exact) mass is 303 g/mol. The number of halogens is 1. The summed E-state index contributed by atoms with van der Waals surface area (Å²) in [6.07, 6.45) is 3.65. The number of hydrogen-bond acceptors (Lipinski definition) is 5. The smallest absolute Gasteiger partial charge is 0.225 e. The van der Waals surface area contributed by atoms with Crippen LogP contribution in [0.15, 0.2) is 12.4 Å². The van der Waals surface area contributed by atoms with E-state index in [1.54, 1.807) is 14.2 Å². The maximum atomic E-state index is 5.07. The molecule has 96 valence electrons. The highest BCUT2D eigenvalue weighted by Gasteiger charge is 2.08. The maximum absolute atomic E-state index is 5.07. The van der Waals surface area contributed by atoms with E-state index in [1.165, 1.54) is 0 Å². The summed E-state index contributed by atoms with van der Waals surface area (Å²) in [4.78, 5) is 10.7. The van der Waals surface area contributed by atoms with Crippen LogP contribution in [0, 0.1) is 0 Å². The molecule has 0 aliphatic rings. The Labute approximate surface area is 110 Å². The normalized spacial score (nSPS) is 10.5. The van der Waals surface area contributed by atoms with Crippen molar-refractivity contribution in [2.24, 2.45) is 0 Å². The maximum Gasteiger partial charge on any atom is 0.225 e. The van der Waals surface area contributed by atoms with Crippen molar-refractivity contribution in [1.29, 1.82) is 0 Å². The first-order chi connectivity index (χ1) is 8.31. The quantitative estimate of drug-likeness (QED) is 0.681. The molecule has 0 unspecified atom stereocenters. The summed E-state index contributed by atoms with van der Waals surface area (Å²) in [5.74, 6) is 0.712. The minimum absolute atomic E-state index is 0.646. The predicted molar refractivity (Wildman–Crippen MR) is 70.6 cm³/mol. The molecular weight excluding hydrogens is 286 g/mol. The van der Waals surface area contributed by atoms with E-state index in [0.717, 1.165) is 24.0 Å². The Morgan fingerprint density at radius 3 is 2.06 bits per heavy atom. The third kappa shape index (κ3) is 4.97. The SMILES string of the molecule is COCCN(CCOC)c1ncc(CBr)cn1. The number of hydrogen-bond donors (Lipinski definition) is 0. The standard InChI is InChI=1S/C11H18BrN3O2/c1-16-5-3-15(4-6-17-2)11-13-8-10(7-12)9-14-11/h8-9H,3-7H2,1-2H3. The van der Waals surface area contributed by atoms with Crippen LogP contribution in [0.2, 0.25) is 0 Å². The molecule has 1 aromatic heterocycles. The number of rotatable bonds is 8. The van der Waals surface area contributed by atoms with E-state index in [1.807, 2.05) is 17.3 Å². The topological polar surface area (TPSA) is 47.5 Å². The van der Waals surface area contributed by atoms with Gasteiger partial charge in [0.15, 0.2) is 0 Å². The fourth-order valence-electron chi connectivity index (χ4n) is 1.30. The fourth-order valence-corrected chi connectivity index (χ4v) is 1.58. The van der Waals surface area contributed by atoms with E-state index in [0.29, 0.717) is 19.2 Å². The highest BCUT2D eigenvalue weighted by molar-refractivity contribution is 9.08. The van der Waals surface area contributed by atoms with Gasteiger partial charge in [-0.25, -0.2) is 9.97 Å². The average molecular weight is 304 g/mol. The number of alkyl halides is 1. The van der Waals surface area contributed by atoms with Crippen molar-refractivity contribution in [3.63, 3.8) is 0 Å². The zero-order valence-corrected chi connectivity index (χ0v) is 11.8. The van der Waals surface area contributed by atoms with E-state index in [-0.39, 0.29) is 0 Å². The third-order valence-corrected chi connectivity index (χ3v) is 2.91. The van der Waals surface area contributed by atoms with Gasteiger partial charge in [0.05, 0.1) is 13.2 Å². The van der Waals surface area contributed by atoms with Crippen LogP contribution in [0.5, 0.6) is 0 Å². The van der Waals surface area contributed by atoms with Crippen LogP contribution in [-0.4, -0.2) is 50.5 Å². The molecule has 0 amide bonds. The second-order valence-corrected chi connectivity index (χ2v) is 4.06. The molecule has 5 nitrogen and oxygen atoms in total. The Bertz CT molecular complexity index is 300. The van der Waals surface area contributed by atoms with Crippen molar-refractivity contribution in [3.05, 3.63) is 18.0 Å². The first kappa shape index (κ1) is 14.3. The summed E-state index contributed by atoms with van der Waals surface area (Å²) in [7, 11) is 3.37. The Morgan fingerprint density at radius 1 is 1.12 bits per heavy atom. The van der Waals surface area contributed by atoms with E-state index in [2.05, 4.69) is 25.9 Å². The third-order valence-electron chi connectivity index (χ3n) is 2.26.